The van der Waals surface area contributed by atoms with Gasteiger partial charge in [-0.1, -0.05) is 0 Å². The van der Waals surface area contributed by atoms with E-state index in [4.69, 9.17) is 5.73 Å². The van der Waals surface area contributed by atoms with Crippen LogP contribution in [0.4, 0.5) is 8.78 Å². The molecule has 8 nitrogen and oxygen atoms in total. The van der Waals surface area contributed by atoms with E-state index in [2.05, 4.69) is 20.5 Å². The van der Waals surface area contributed by atoms with Crippen LogP contribution in [0.15, 0.2) is 37.1 Å². The maximum absolute atomic E-state index is 14.3. The molecule has 0 aromatic carbocycles. The van der Waals surface area contributed by atoms with Crippen molar-refractivity contribution in [3.05, 3.63) is 46.8 Å². The predicted octanol–water partition coefficient (Wildman–Crippen LogP) is 3.41. The van der Waals surface area contributed by atoms with Crippen molar-refractivity contribution in [2.24, 2.45) is 12.8 Å². The number of hydrogen-bond acceptors (Lipinski definition) is 6. The number of fused-ring (bicyclic) bond motifs is 1. The summed E-state index contributed by atoms with van der Waals surface area (Å²) in [6.07, 6.45) is 9.50. The molecule has 1 fully saturated rings. The number of amides is 1. The van der Waals surface area contributed by atoms with Gasteiger partial charge in [0.1, 0.15) is 6.04 Å². The van der Waals surface area contributed by atoms with Gasteiger partial charge in [0.15, 0.2) is 5.65 Å². The molecule has 11 heteroatoms. The third-order valence-electron chi connectivity index (χ3n) is 6.04. The Labute approximate surface area is 192 Å². The number of hydrogen-bond donors (Lipinski definition) is 2. The van der Waals surface area contributed by atoms with E-state index in [0.717, 1.165) is 27.1 Å². The van der Waals surface area contributed by atoms with Gasteiger partial charge in [0.05, 0.1) is 17.3 Å². The van der Waals surface area contributed by atoms with Crippen LogP contribution in [0.3, 0.4) is 0 Å². The average molecular weight is 472 g/mol. The van der Waals surface area contributed by atoms with Gasteiger partial charge in [-0.3, -0.25) is 9.48 Å². The summed E-state index contributed by atoms with van der Waals surface area (Å²) in [5.41, 5.74) is 9.88. The maximum atomic E-state index is 14.3. The lowest BCUT2D eigenvalue weighted by atomic mass is 9.87. The van der Waals surface area contributed by atoms with E-state index in [1.807, 2.05) is 26.4 Å². The van der Waals surface area contributed by atoms with Gasteiger partial charge in [-0.2, -0.15) is 10.2 Å². The monoisotopic (exact) mass is 471 g/mol. The van der Waals surface area contributed by atoms with E-state index >= 15 is 0 Å². The molecule has 0 saturated heterocycles. The Morgan fingerprint density at radius 1 is 1.21 bits per heavy atom. The fourth-order valence-corrected chi connectivity index (χ4v) is 5.22. The van der Waals surface area contributed by atoms with Crippen LogP contribution in [0, 0.1) is 6.92 Å². The summed E-state index contributed by atoms with van der Waals surface area (Å²) in [6.45, 7) is 1.88. The average Bonchev–Trinajstić information content (AvgIpc) is 3.48. The first-order valence-corrected chi connectivity index (χ1v) is 11.4. The Hall–Kier alpha value is -3.18. The molecule has 4 heterocycles. The Bertz CT molecular complexity index is 1340. The number of halogens is 2. The fourth-order valence-electron chi connectivity index (χ4n) is 4.28. The largest absolute Gasteiger partial charge is 0.341 e. The van der Waals surface area contributed by atoms with Crippen molar-refractivity contribution >= 4 is 22.9 Å². The number of carbonyl (C=O) groups is 1. The second-order valence-electron chi connectivity index (χ2n) is 8.42. The topological polar surface area (TPSA) is 103 Å². The number of aromatic nitrogens is 5. The highest BCUT2D eigenvalue weighted by Gasteiger charge is 2.46. The molecule has 0 spiro atoms. The highest BCUT2D eigenvalue weighted by molar-refractivity contribution is 7.14. The molecule has 5 rings (SSSR count). The van der Waals surface area contributed by atoms with Crippen molar-refractivity contribution in [3.63, 3.8) is 0 Å². The first-order chi connectivity index (χ1) is 15.7. The SMILES string of the molecule is Cc1sc(C(=O)NC2C(N)CCCC2(F)F)cc1-c1cnn2cc(-c3cnn(C)c3)cnc12. The molecule has 2 unspecified atom stereocenters. The molecule has 1 aliphatic rings. The van der Waals surface area contributed by atoms with Gasteiger partial charge in [-0.25, -0.2) is 18.3 Å². The molecule has 4 aromatic rings. The molecule has 4 aromatic heterocycles. The molecule has 2 atom stereocenters. The van der Waals surface area contributed by atoms with E-state index in [1.54, 1.807) is 33.9 Å². The summed E-state index contributed by atoms with van der Waals surface area (Å²) >= 11 is 1.25. The molecule has 1 aliphatic carbocycles. The van der Waals surface area contributed by atoms with Crippen LogP contribution >= 0.6 is 11.3 Å². The van der Waals surface area contributed by atoms with Crippen LogP contribution in [0.5, 0.6) is 0 Å². The van der Waals surface area contributed by atoms with Crippen molar-refractivity contribution in [1.82, 2.24) is 29.7 Å². The van der Waals surface area contributed by atoms with Crippen LogP contribution in [0.25, 0.3) is 27.9 Å². The molecule has 33 heavy (non-hydrogen) atoms. The summed E-state index contributed by atoms with van der Waals surface area (Å²) < 4.78 is 32.0. The van der Waals surface area contributed by atoms with Gasteiger partial charge in [-0.05, 0) is 25.8 Å². The lowest BCUT2D eigenvalue weighted by Gasteiger charge is -2.36. The van der Waals surface area contributed by atoms with Crippen molar-refractivity contribution in [1.29, 1.82) is 0 Å². The summed E-state index contributed by atoms with van der Waals surface area (Å²) in [4.78, 5) is 18.6. The minimum Gasteiger partial charge on any atom is -0.341 e. The third-order valence-corrected chi connectivity index (χ3v) is 7.09. The van der Waals surface area contributed by atoms with Crippen molar-refractivity contribution in [3.8, 4) is 22.3 Å². The van der Waals surface area contributed by atoms with Gasteiger partial charge in [0, 0.05) is 65.2 Å². The molecule has 172 valence electrons. The maximum Gasteiger partial charge on any atom is 0.269 e. The van der Waals surface area contributed by atoms with Gasteiger partial charge < -0.3 is 11.1 Å². The van der Waals surface area contributed by atoms with Gasteiger partial charge >= 0.3 is 0 Å². The predicted molar refractivity (Wildman–Crippen MR) is 121 cm³/mol. The van der Waals surface area contributed by atoms with Crippen molar-refractivity contribution in [2.75, 3.05) is 0 Å². The summed E-state index contributed by atoms with van der Waals surface area (Å²) in [7, 11) is 1.84. The first kappa shape index (κ1) is 21.7. The standard InChI is InChI=1S/C22H23F2N7OS/c1-12-15(6-18(33-12)21(32)29-19-17(25)4-3-5-22(19,23)24)16-9-28-31-11-13(7-26-20(16)31)14-8-27-30(2)10-14/h6-11,17,19H,3-5,25H2,1-2H3,(H,29,32). The summed E-state index contributed by atoms with van der Waals surface area (Å²) in [5, 5.41) is 11.1. The van der Waals surface area contributed by atoms with Crippen LogP contribution < -0.4 is 11.1 Å². The highest BCUT2D eigenvalue weighted by atomic mass is 32.1. The number of aryl methyl sites for hydroxylation is 2. The first-order valence-electron chi connectivity index (χ1n) is 10.6. The summed E-state index contributed by atoms with van der Waals surface area (Å²) in [6, 6.07) is -0.430. The van der Waals surface area contributed by atoms with E-state index in [9.17, 15) is 13.6 Å². The zero-order chi connectivity index (χ0) is 23.3. The Morgan fingerprint density at radius 2 is 2.00 bits per heavy atom. The quantitative estimate of drug-likeness (QED) is 0.475. The van der Waals surface area contributed by atoms with E-state index in [0.29, 0.717) is 23.4 Å². The molecular weight excluding hydrogens is 448 g/mol. The number of nitrogens with one attached hydrogen (secondary N) is 1. The number of alkyl halides is 2. The van der Waals surface area contributed by atoms with Crippen LogP contribution in [0.2, 0.25) is 0 Å². The molecule has 0 aliphatic heterocycles. The number of nitrogens with two attached hydrogens (primary N) is 1. The number of carbonyl (C=O) groups excluding carboxylic acids is 1. The van der Waals surface area contributed by atoms with Gasteiger partial charge in [-0.15, -0.1) is 11.3 Å². The van der Waals surface area contributed by atoms with E-state index in [-0.39, 0.29) is 6.42 Å². The van der Waals surface area contributed by atoms with Gasteiger partial charge in [0.25, 0.3) is 11.8 Å². The smallest absolute Gasteiger partial charge is 0.269 e. The van der Waals surface area contributed by atoms with Crippen LogP contribution in [-0.2, 0) is 7.05 Å². The van der Waals surface area contributed by atoms with E-state index < -0.39 is 23.9 Å². The Balaban J connectivity index is 1.43. The van der Waals surface area contributed by atoms with E-state index in [1.165, 1.54) is 11.3 Å². The normalized spacial score (nSPS) is 20.3. The fraction of sp³-hybridized carbons (Fsp3) is 0.364. The number of nitrogens with zero attached hydrogens (tertiary/aromatic N) is 5. The summed E-state index contributed by atoms with van der Waals surface area (Å²) in [5.74, 6) is -3.56. The molecule has 1 amide bonds. The van der Waals surface area contributed by atoms with Crippen LogP contribution in [0.1, 0.15) is 33.8 Å². The number of thiophene rings is 1. The molecule has 3 N–H and O–H groups in total. The second kappa shape index (κ2) is 7.99. The Kier molecular flexibility index (Phi) is 5.25. The third kappa shape index (κ3) is 3.91. The van der Waals surface area contributed by atoms with Crippen molar-refractivity contribution < 1.29 is 13.6 Å². The molecule has 0 bridgehead atoms. The zero-order valence-electron chi connectivity index (χ0n) is 18.1. The Morgan fingerprint density at radius 3 is 2.73 bits per heavy atom. The lowest BCUT2D eigenvalue weighted by molar-refractivity contribution is -0.0674. The minimum atomic E-state index is -3.01. The second-order valence-corrected chi connectivity index (χ2v) is 9.68. The molecule has 1 saturated carbocycles. The lowest BCUT2D eigenvalue weighted by Crippen LogP contribution is -2.59. The zero-order valence-corrected chi connectivity index (χ0v) is 18.9. The molecule has 0 radical (unpaired) electrons. The molecular formula is C22H23F2N7OS. The van der Waals surface area contributed by atoms with Crippen molar-refractivity contribution in [2.45, 2.75) is 44.2 Å². The van der Waals surface area contributed by atoms with Gasteiger partial charge in [0.2, 0.25) is 0 Å². The van der Waals surface area contributed by atoms with Crippen LogP contribution in [-0.4, -0.2) is 48.3 Å². The number of rotatable bonds is 4. The highest BCUT2D eigenvalue weighted by Crippen LogP contribution is 2.36. The minimum absolute atomic E-state index is 0.268.